The van der Waals surface area contributed by atoms with Crippen LogP contribution in [0.2, 0.25) is 0 Å². The highest BCUT2D eigenvalue weighted by molar-refractivity contribution is 9.11. The van der Waals surface area contributed by atoms with Gasteiger partial charge in [-0.2, -0.15) is 0 Å². The number of hydrogen-bond donors (Lipinski definition) is 5. The van der Waals surface area contributed by atoms with Crippen LogP contribution in [-0.2, 0) is 4.79 Å². The van der Waals surface area contributed by atoms with Gasteiger partial charge in [-0.25, -0.2) is 4.98 Å². The average Bonchev–Trinajstić information content (AvgIpc) is 3.03. The molecule has 0 amide bonds. The number of aromatic amines is 1. The van der Waals surface area contributed by atoms with Gasteiger partial charge in [-0.1, -0.05) is 0 Å². The highest BCUT2D eigenvalue weighted by Gasteiger charge is 2.20. The van der Waals surface area contributed by atoms with Crippen LogP contribution < -0.4 is 10.5 Å². The quantitative estimate of drug-likeness (QED) is 0.260. The molecule has 3 aromatic rings. The van der Waals surface area contributed by atoms with E-state index in [0.717, 1.165) is 0 Å². The zero-order valence-corrected chi connectivity index (χ0v) is 16.9. The molecule has 0 atom stereocenters. The first kappa shape index (κ1) is 19.2. The maximum atomic E-state index is 10.6. The summed E-state index contributed by atoms with van der Waals surface area (Å²) in [4.78, 5) is 18.2. The number of aliphatic carboxylic acids is 1. The first-order valence-corrected chi connectivity index (χ1v) is 9.26. The molecule has 0 spiro atoms. The van der Waals surface area contributed by atoms with Crippen molar-refractivity contribution < 1.29 is 19.7 Å². The topological polar surface area (TPSA) is 145 Å². The number of nitrogen functional groups attached to an aromatic ring is 1. The van der Waals surface area contributed by atoms with Crippen molar-refractivity contribution in [2.75, 3.05) is 6.61 Å². The van der Waals surface area contributed by atoms with Crippen LogP contribution in [0.25, 0.3) is 22.4 Å². The Kier molecular flexibility index (Phi) is 5.38. The second kappa shape index (κ2) is 7.57. The number of phenols is 1. The number of carboxylic acid groups (broad SMARTS) is 1. The fourth-order valence-electron chi connectivity index (χ4n) is 2.45. The molecule has 0 unspecified atom stereocenters. The Labute approximate surface area is 170 Å². The number of nitrogens with two attached hydrogens (primary N) is 1. The Morgan fingerprint density at radius 2 is 2.07 bits per heavy atom. The highest BCUT2D eigenvalue weighted by atomic mass is 79.9. The number of aromatic hydroxyl groups is 1. The van der Waals surface area contributed by atoms with Crippen molar-refractivity contribution in [3.8, 4) is 22.9 Å². The molecule has 8 nitrogen and oxygen atoms in total. The molecule has 1 aromatic heterocycles. The lowest BCUT2D eigenvalue weighted by atomic mass is 10.2. The Morgan fingerprint density at radius 3 is 2.74 bits per heavy atom. The number of carbonyl (C=O) groups is 1. The third-order valence-electron chi connectivity index (χ3n) is 3.76. The number of fused-ring (bicyclic) bond motifs is 1. The summed E-state index contributed by atoms with van der Waals surface area (Å²) in [6.45, 7) is -0.0379. The van der Waals surface area contributed by atoms with E-state index in [4.69, 9.17) is 21.0 Å². The molecule has 6 N–H and O–H groups in total. The molecule has 0 fully saturated rings. The number of hydrogen-bond acceptors (Lipinski definition) is 5. The molecule has 2 aromatic carbocycles. The summed E-state index contributed by atoms with van der Waals surface area (Å²) in [6.07, 6.45) is -0.163. The average molecular weight is 498 g/mol. The summed E-state index contributed by atoms with van der Waals surface area (Å²) < 4.78 is 6.25. The Hall–Kier alpha value is -2.59. The van der Waals surface area contributed by atoms with Gasteiger partial charge in [0.1, 0.15) is 21.9 Å². The highest BCUT2D eigenvalue weighted by Crippen LogP contribution is 2.45. The number of phenolic OH excluding ortho intramolecular Hbond substituents is 1. The molecule has 0 radical (unpaired) electrons. The van der Waals surface area contributed by atoms with E-state index in [-0.39, 0.29) is 29.1 Å². The number of nitrogens with one attached hydrogen (secondary N) is 2. The van der Waals surface area contributed by atoms with Gasteiger partial charge in [-0.15, -0.1) is 0 Å². The van der Waals surface area contributed by atoms with E-state index in [1.165, 1.54) is 0 Å². The predicted octanol–water partition coefficient (Wildman–Crippen LogP) is 3.60. The molecule has 1 heterocycles. The summed E-state index contributed by atoms with van der Waals surface area (Å²) in [5.74, 6) is -0.414. The number of ether oxygens (including phenoxy) is 1. The first-order valence-electron chi connectivity index (χ1n) is 7.68. The minimum atomic E-state index is -0.977. The lowest BCUT2D eigenvalue weighted by Gasteiger charge is -2.13. The van der Waals surface area contributed by atoms with Gasteiger partial charge in [0.05, 0.1) is 34.1 Å². The Bertz CT molecular complexity index is 1060. The monoisotopic (exact) mass is 496 g/mol. The summed E-state index contributed by atoms with van der Waals surface area (Å²) in [5, 5.41) is 26.8. The lowest BCUT2D eigenvalue weighted by molar-refractivity contribution is -0.137. The number of nitrogens with zero attached hydrogens (tertiary/aromatic N) is 1. The molecule has 0 saturated heterocycles. The maximum Gasteiger partial charge on any atom is 0.306 e. The van der Waals surface area contributed by atoms with E-state index < -0.39 is 5.97 Å². The van der Waals surface area contributed by atoms with Gasteiger partial charge in [0.15, 0.2) is 5.75 Å². The second-order valence-corrected chi connectivity index (χ2v) is 7.27. The van der Waals surface area contributed by atoms with E-state index >= 15 is 0 Å². The SMILES string of the molecule is N=C(N)c1ccc2nc(-c3cc(Br)c(OCCC(=O)O)c(Br)c3O)[nH]c2c1. The van der Waals surface area contributed by atoms with Crippen molar-refractivity contribution in [1.82, 2.24) is 9.97 Å². The van der Waals surface area contributed by atoms with Crippen LogP contribution in [0.1, 0.15) is 12.0 Å². The molecule has 0 aliphatic heterocycles. The molecule has 0 aliphatic carbocycles. The number of H-pyrrole nitrogens is 1. The third-order valence-corrected chi connectivity index (χ3v) is 5.09. The Morgan fingerprint density at radius 1 is 1.33 bits per heavy atom. The molecule has 0 aliphatic rings. The third kappa shape index (κ3) is 3.91. The lowest BCUT2D eigenvalue weighted by Crippen LogP contribution is -2.10. The van der Waals surface area contributed by atoms with Crippen molar-refractivity contribution in [2.45, 2.75) is 6.42 Å². The minimum Gasteiger partial charge on any atom is -0.506 e. The Balaban J connectivity index is 2.00. The van der Waals surface area contributed by atoms with Gasteiger partial charge >= 0.3 is 5.97 Å². The number of aromatic nitrogens is 2. The second-order valence-electron chi connectivity index (χ2n) is 5.62. The van der Waals surface area contributed by atoms with Gasteiger partial charge in [0.2, 0.25) is 0 Å². The van der Waals surface area contributed by atoms with Crippen molar-refractivity contribution >= 4 is 54.7 Å². The van der Waals surface area contributed by atoms with Gasteiger partial charge in [0, 0.05) is 5.56 Å². The minimum absolute atomic E-state index is 0.0379. The van der Waals surface area contributed by atoms with Crippen LogP contribution >= 0.6 is 31.9 Å². The fraction of sp³-hybridized carbons (Fsp3) is 0.118. The molecule has 0 bridgehead atoms. The number of rotatable bonds is 6. The van der Waals surface area contributed by atoms with E-state index in [9.17, 15) is 9.90 Å². The van der Waals surface area contributed by atoms with Crippen LogP contribution in [0.4, 0.5) is 0 Å². The van der Waals surface area contributed by atoms with E-state index in [1.54, 1.807) is 24.3 Å². The van der Waals surface area contributed by atoms with Gasteiger partial charge in [0.25, 0.3) is 0 Å². The number of carboxylic acids is 1. The predicted molar refractivity (Wildman–Crippen MR) is 107 cm³/mol. The first-order chi connectivity index (χ1) is 12.8. The zero-order valence-electron chi connectivity index (χ0n) is 13.7. The molecule has 0 saturated carbocycles. The summed E-state index contributed by atoms with van der Waals surface area (Å²) in [6, 6.07) is 6.76. The van der Waals surface area contributed by atoms with Gasteiger partial charge in [-0.05, 0) is 56.1 Å². The van der Waals surface area contributed by atoms with Crippen LogP contribution in [0.5, 0.6) is 11.5 Å². The maximum absolute atomic E-state index is 10.6. The summed E-state index contributed by atoms with van der Waals surface area (Å²) >= 11 is 6.65. The van der Waals surface area contributed by atoms with Crippen molar-refractivity contribution in [3.63, 3.8) is 0 Å². The molecule has 3 rings (SSSR count). The summed E-state index contributed by atoms with van der Waals surface area (Å²) in [7, 11) is 0. The van der Waals surface area contributed by atoms with Crippen molar-refractivity contribution in [3.05, 3.63) is 38.8 Å². The number of benzene rings is 2. The number of halogens is 2. The molecular formula is C17H14Br2N4O4. The smallest absolute Gasteiger partial charge is 0.306 e. The largest absolute Gasteiger partial charge is 0.506 e. The van der Waals surface area contributed by atoms with Crippen molar-refractivity contribution in [1.29, 1.82) is 5.41 Å². The van der Waals surface area contributed by atoms with Crippen LogP contribution in [0.3, 0.4) is 0 Å². The number of imidazole rings is 1. The van der Waals surface area contributed by atoms with Crippen molar-refractivity contribution in [2.24, 2.45) is 5.73 Å². The molecule has 10 heteroatoms. The standard InChI is InChI=1S/C17H14Br2N4O4/c18-9-6-8(14(26)13(19)15(9)27-4-3-12(24)25)17-22-10-2-1-7(16(20)21)5-11(10)23-17/h1-2,5-6,26H,3-4H2,(H3,20,21)(H,22,23)(H,24,25). The normalized spacial score (nSPS) is 10.9. The molecule has 27 heavy (non-hydrogen) atoms. The van der Waals surface area contributed by atoms with E-state index in [0.29, 0.717) is 38.2 Å². The summed E-state index contributed by atoms with van der Waals surface area (Å²) in [5.41, 5.74) is 7.81. The number of amidine groups is 1. The van der Waals surface area contributed by atoms with Gasteiger partial charge < -0.3 is 25.7 Å². The molecule has 140 valence electrons. The van der Waals surface area contributed by atoms with Crippen LogP contribution in [0.15, 0.2) is 33.2 Å². The molecular weight excluding hydrogens is 484 g/mol. The van der Waals surface area contributed by atoms with Gasteiger partial charge in [-0.3, -0.25) is 10.2 Å². The van der Waals surface area contributed by atoms with Crippen LogP contribution in [0, 0.1) is 5.41 Å². The van der Waals surface area contributed by atoms with Crippen LogP contribution in [-0.4, -0.2) is 38.6 Å². The van der Waals surface area contributed by atoms with E-state index in [1.807, 2.05) is 0 Å². The fourth-order valence-corrected chi connectivity index (χ4v) is 3.80. The van der Waals surface area contributed by atoms with E-state index in [2.05, 4.69) is 41.8 Å². The zero-order chi connectivity index (χ0) is 19.7.